The Bertz CT molecular complexity index is 515. The van der Waals surface area contributed by atoms with Crippen molar-refractivity contribution in [2.24, 2.45) is 0 Å². The van der Waals surface area contributed by atoms with Gasteiger partial charge in [0.1, 0.15) is 11.4 Å². The third kappa shape index (κ3) is 2.60. The van der Waals surface area contributed by atoms with Gasteiger partial charge in [-0.15, -0.1) is 0 Å². The summed E-state index contributed by atoms with van der Waals surface area (Å²) in [5, 5.41) is 9.44. The first-order valence-corrected chi connectivity index (χ1v) is 6.54. The summed E-state index contributed by atoms with van der Waals surface area (Å²) in [6, 6.07) is 7.90. The van der Waals surface area contributed by atoms with E-state index in [1.54, 1.807) is 13.1 Å². The summed E-state index contributed by atoms with van der Waals surface area (Å²) in [6.07, 6.45) is 4.40. The zero-order valence-electron chi connectivity index (χ0n) is 11.0. The first-order valence-electron chi connectivity index (χ1n) is 6.54. The van der Waals surface area contributed by atoms with E-state index in [2.05, 4.69) is 6.07 Å². The van der Waals surface area contributed by atoms with Gasteiger partial charge in [0, 0.05) is 12.6 Å². The Morgan fingerprint density at radius 2 is 2.05 bits per heavy atom. The molecule has 0 spiro atoms. The van der Waals surface area contributed by atoms with E-state index < -0.39 is 11.4 Å². The van der Waals surface area contributed by atoms with E-state index in [1.807, 2.05) is 0 Å². The fourth-order valence-corrected chi connectivity index (χ4v) is 2.67. The van der Waals surface area contributed by atoms with Crippen LogP contribution < -0.4 is 0 Å². The minimum absolute atomic E-state index is 0.289. The van der Waals surface area contributed by atoms with E-state index in [4.69, 9.17) is 0 Å². The Morgan fingerprint density at radius 1 is 1.37 bits per heavy atom. The summed E-state index contributed by atoms with van der Waals surface area (Å²) < 4.78 is 13.2. The van der Waals surface area contributed by atoms with Crippen molar-refractivity contribution < 1.29 is 9.18 Å². The molecule has 0 radical (unpaired) electrons. The SMILES string of the molecule is CN(C(=O)c1cccc(F)c1)C1(C#N)CCCCC1. The van der Waals surface area contributed by atoms with Crippen LogP contribution in [-0.2, 0) is 0 Å². The zero-order valence-corrected chi connectivity index (χ0v) is 11.0. The molecule has 0 bridgehead atoms. The Hall–Kier alpha value is -1.89. The number of halogens is 1. The van der Waals surface area contributed by atoms with Gasteiger partial charge in [-0.25, -0.2) is 4.39 Å². The summed E-state index contributed by atoms with van der Waals surface area (Å²) in [7, 11) is 1.64. The van der Waals surface area contributed by atoms with Crippen molar-refractivity contribution in [1.29, 1.82) is 5.26 Å². The van der Waals surface area contributed by atoms with E-state index in [0.29, 0.717) is 18.4 Å². The maximum atomic E-state index is 13.2. The quantitative estimate of drug-likeness (QED) is 0.820. The van der Waals surface area contributed by atoms with Crippen LogP contribution >= 0.6 is 0 Å². The number of nitrogens with zero attached hydrogens (tertiary/aromatic N) is 2. The third-order valence-electron chi connectivity index (χ3n) is 3.91. The van der Waals surface area contributed by atoms with Crippen molar-refractivity contribution in [2.45, 2.75) is 37.6 Å². The molecule has 0 N–H and O–H groups in total. The predicted molar refractivity (Wildman–Crippen MR) is 69.9 cm³/mol. The number of nitriles is 1. The summed E-state index contributed by atoms with van der Waals surface area (Å²) in [4.78, 5) is 13.9. The van der Waals surface area contributed by atoms with Crippen LogP contribution in [0.3, 0.4) is 0 Å². The van der Waals surface area contributed by atoms with Crippen molar-refractivity contribution >= 4 is 5.91 Å². The molecule has 1 fully saturated rings. The van der Waals surface area contributed by atoms with Crippen molar-refractivity contribution in [3.05, 3.63) is 35.6 Å². The Labute approximate surface area is 112 Å². The lowest BCUT2D eigenvalue weighted by atomic mass is 9.81. The van der Waals surface area contributed by atoms with Gasteiger partial charge >= 0.3 is 0 Å². The van der Waals surface area contributed by atoms with Crippen LogP contribution in [0.4, 0.5) is 4.39 Å². The molecule has 100 valence electrons. The lowest BCUT2D eigenvalue weighted by molar-refractivity contribution is 0.0588. The minimum atomic E-state index is -0.734. The van der Waals surface area contributed by atoms with Gasteiger partial charge < -0.3 is 4.90 Å². The third-order valence-corrected chi connectivity index (χ3v) is 3.91. The molecule has 1 aromatic rings. The maximum Gasteiger partial charge on any atom is 0.254 e. The highest BCUT2D eigenvalue weighted by Gasteiger charge is 2.39. The standard InChI is InChI=1S/C15H17FN2O/c1-18(15(11-17)8-3-2-4-9-15)14(19)12-6-5-7-13(16)10-12/h5-7,10H,2-4,8-9H2,1H3. The molecule has 1 saturated carbocycles. The first-order chi connectivity index (χ1) is 9.09. The van der Waals surface area contributed by atoms with Crippen molar-refractivity contribution in [3.8, 4) is 6.07 Å². The maximum absolute atomic E-state index is 13.2. The smallest absolute Gasteiger partial charge is 0.254 e. The number of amides is 1. The molecule has 2 rings (SSSR count). The molecule has 1 amide bonds. The average molecular weight is 260 g/mol. The van der Waals surface area contributed by atoms with Gasteiger partial charge in [0.05, 0.1) is 6.07 Å². The molecule has 19 heavy (non-hydrogen) atoms. The zero-order chi connectivity index (χ0) is 13.9. The molecule has 0 aliphatic heterocycles. The minimum Gasteiger partial charge on any atom is -0.323 e. The van der Waals surface area contributed by atoms with Gasteiger partial charge in [-0.1, -0.05) is 25.3 Å². The number of benzene rings is 1. The second kappa shape index (κ2) is 5.40. The summed E-state index contributed by atoms with van der Waals surface area (Å²) >= 11 is 0. The van der Waals surface area contributed by atoms with Crippen LogP contribution in [0.2, 0.25) is 0 Å². The van der Waals surface area contributed by atoms with Crippen LogP contribution in [0.5, 0.6) is 0 Å². The molecule has 4 heteroatoms. The number of hydrogen-bond acceptors (Lipinski definition) is 2. The second-order valence-electron chi connectivity index (χ2n) is 5.08. The molecule has 1 aromatic carbocycles. The van der Waals surface area contributed by atoms with Crippen LogP contribution in [0.15, 0.2) is 24.3 Å². The average Bonchev–Trinajstić information content (AvgIpc) is 2.46. The fourth-order valence-electron chi connectivity index (χ4n) is 2.67. The highest BCUT2D eigenvalue weighted by molar-refractivity contribution is 5.94. The molecule has 0 aromatic heterocycles. The van der Waals surface area contributed by atoms with Gasteiger partial charge in [0.15, 0.2) is 0 Å². The van der Waals surface area contributed by atoms with Gasteiger partial charge in [-0.05, 0) is 31.0 Å². The molecular weight excluding hydrogens is 243 g/mol. The monoisotopic (exact) mass is 260 g/mol. The largest absolute Gasteiger partial charge is 0.323 e. The number of carbonyl (C=O) groups is 1. The molecule has 0 unspecified atom stereocenters. The highest BCUT2D eigenvalue weighted by atomic mass is 19.1. The molecule has 1 aliphatic carbocycles. The van der Waals surface area contributed by atoms with Crippen LogP contribution in [0, 0.1) is 17.1 Å². The number of carbonyl (C=O) groups excluding carboxylic acids is 1. The molecule has 0 atom stereocenters. The van der Waals surface area contributed by atoms with Gasteiger partial charge in [-0.2, -0.15) is 5.26 Å². The number of hydrogen-bond donors (Lipinski definition) is 0. The molecule has 3 nitrogen and oxygen atoms in total. The second-order valence-corrected chi connectivity index (χ2v) is 5.08. The van der Waals surface area contributed by atoms with Crippen LogP contribution in [0.25, 0.3) is 0 Å². The van der Waals surface area contributed by atoms with Gasteiger partial charge in [0.2, 0.25) is 0 Å². The van der Waals surface area contributed by atoms with E-state index in [0.717, 1.165) is 19.3 Å². The lowest BCUT2D eigenvalue weighted by Crippen LogP contribution is -2.49. The summed E-state index contributed by atoms with van der Waals surface area (Å²) in [5.41, 5.74) is -0.440. The molecule has 0 heterocycles. The topological polar surface area (TPSA) is 44.1 Å². The predicted octanol–water partition coefficient (Wildman–Crippen LogP) is 3.12. The molecular formula is C15H17FN2O. The molecule has 1 aliphatic rings. The van der Waals surface area contributed by atoms with Crippen molar-refractivity contribution in [2.75, 3.05) is 7.05 Å². The normalized spacial score (nSPS) is 17.5. The van der Waals surface area contributed by atoms with E-state index >= 15 is 0 Å². The molecule has 0 saturated heterocycles. The first kappa shape index (κ1) is 13.5. The van der Waals surface area contributed by atoms with Gasteiger partial charge in [0.25, 0.3) is 5.91 Å². The van der Waals surface area contributed by atoms with E-state index in [-0.39, 0.29) is 5.91 Å². The van der Waals surface area contributed by atoms with Crippen molar-refractivity contribution in [1.82, 2.24) is 4.90 Å². The Kier molecular flexibility index (Phi) is 3.84. The lowest BCUT2D eigenvalue weighted by Gasteiger charge is -2.39. The Balaban J connectivity index is 2.25. The summed E-state index contributed by atoms with van der Waals surface area (Å²) in [6.45, 7) is 0. The van der Waals surface area contributed by atoms with Crippen LogP contribution in [0.1, 0.15) is 42.5 Å². The van der Waals surface area contributed by atoms with Gasteiger partial charge in [-0.3, -0.25) is 4.79 Å². The summed E-state index contributed by atoms with van der Waals surface area (Å²) in [5.74, 6) is -0.725. The Morgan fingerprint density at radius 3 is 2.63 bits per heavy atom. The van der Waals surface area contributed by atoms with Crippen molar-refractivity contribution in [3.63, 3.8) is 0 Å². The fraction of sp³-hybridized carbons (Fsp3) is 0.467. The number of rotatable bonds is 2. The van der Waals surface area contributed by atoms with E-state index in [9.17, 15) is 14.4 Å². The van der Waals surface area contributed by atoms with Crippen LogP contribution in [-0.4, -0.2) is 23.4 Å². The highest BCUT2D eigenvalue weighted by Crippen LogP contribution is 2.33. The van der Waals surface area contributed by atoms with E-state index in [1.165, 1.54) is 23.1 Å².